The first-order valence-corrected chi connectivity index (χ1v) is 12.6. The molecule has 0 spiro atoms. The van der Waals surface area contributed by atoms with Crippen LogP contribution in [0.25, 0.3) is 5.76 Å². The second kappa shape index (κ2) is 10.5. The molecular weight excluding hydrogens is 490 g/mol. The molecule has 1 atom stereocenters. The van der Waals surface area contributed by atoms with Crippen LogP contribution in [-0.2, 0) is 9.59 Å². The van der Waals surface area contributed by atoms with Gasteiger partial charge in [-0.1, -0.05) is 48.0 Å². The largest absolute Gasteiger partial charge is 0.507 e. The molecule has 1 heterocycles. The van der Waals surface area contributed by atoms with Crippen molar-refractivity contribution in [1.29, 1.82) is 0 Å². The molecule has 1 fully saturated rings. The molecule has 0 saturated carbocycles. The van der Waals surface area contributed by atoms with Crippen molar-refractivity contribution in [2.45, 2.75) is 26.8 Å². The van der Waals surface area contributed by atoms with Crippen molar-refractivity contribution in [3.05, 3.63) is 124 Å². The van der Waals surface area contributed by atoms with E-state index >= 15 is 0 Å². The van der Waals surface area contributed by atoms with Gasteiger partial charge in [0.25, 0.3) is 11.7 Å². The Morgan fingerprint density at radius 1 is 0.795 bits per heavy atom. The molecular formula is C33H29NO5. The highest BCUT2D eigenvalue weighted by atomic mass is 16.5. The predicted molar refractivity (Wildman–Crippen MR) is 151 cm³/mol. The number of Topliss-reactive ketones (excluding diaryl/α,β-unsaturated/α-hetero) is 1. The molecule has 1 aliphatic heterocycles. The van der Waals surface area contributed by atoms with Crippen LogP contribution < -0.4 is 14.4 Å². The first-order chi connectivity index (χ1) is 18.8. The number of hydrogen-bond donors (Lipinski definition) is 1. The molecule has 0 radical (unpaired) electrons. The number of ketones is 1. The van der Waals surface area contributed by atoms with E-state index in [4.69, 9.17) is 9.47 Å². The summed E-state index contributed by atoms with van der Waals surface area (Å²) in [4.78, 5) is 28.6. The first-order valence-electron chi connectivity index (χ1n) is 12.6. The average Bonchev–Trinajstić information content (AvgIpc) is 3.20. The van der Waals surface area contributed by atoms with E-state index in [-0.39, 0.29) is 11.3 Å². The molecule has 196 valence electrons. The standard InChI is InChI=1S/C33H29NO5/c1-20-13-15-24(16-14-20)34-30(23-9-8-12-26(19-23)39-25-10-6-5-7-11-25)29(32(36)33(34)37)31(35)27-17-22(3)28(38-4)18-21(27)2/h5-19,30,35H,1-4H3/b31-29+. The number of carbonyl (C=O) groups is 2. The van der Waals surface area contributed by atoms with Crippen molar-refractivity contribution < 1.29 is 24.2 Å². The lowest BCUT2D eigenvalue weighted by molar-refractivity contribution is -0.132. The number of ether oxygens (including phenoxy) is 2. The van der Waals surface area contributed by atoms with Gasteiger partial charge in [-0.25, -0.2) is 0 Å². The molecule has 1 amide bonds. The van der Waals surface area contributed by atoms with Crippen LogP contribution in [0.2, 0.25) is 0 Å². The maximum atomic E-state index is 13.6. The molecule has 4 aromatic carbocycles. The monoisotopic (exact) mass is 519 g/mol. The lowest BCUT2D eigenvalue weighted by Crippen LogP contribution is -2.29. The summed E-state index contributed by atoms with van der Waals surface area (Å²) >= 11 is 0. The normalized spacial score (nSPS) is 16.4. The van der Waals surface area contributed by atoms with Gasteiger partial charge in [-0.3, -0.25) is 14.5 Å². The van der Waals surface area contributed by atoms with Crippen LogP contribution in [0, 0.1) is 20.8 Å². The van der Waals surface area contributed by atoms with E-state index in [1.807, 2.05) is 87.5 Å². The minimum Gasteiger partial charge on any atom is -0.507 e. The number of hydrogen-bond acceptors (Lipinski definition) is 5. The quantitative estimate of drug-likeness (QED) is 0.168. The SMILES string of the molecule is COc1cc(C)c(/C(O)=C2\C(=O)C(=O)N(c3ccc(C)cc3)C2c2cccc(Oc3ccccc3)c2)cc1C. The number of rotatable bonds is 6. The highest BCUT2D eigenvalue weighted by Gasteiger charge is 2.47. The summed E-state index contributed by atoms with van der Waals surface area (Å²) in [6, 6.07) is 26.7. The zero-order valence-electron chi connectivity index (χ0n) is 22.3. The van der Waals surface area contributed by atoms with E-state index in [1.54, 1.807) is 31.4 Å². The molecule has 1 unspecified atom stereocenters. The Balaban J connectivity index is 1.69. The predicted octanol–water partition coefficient (Wildman–Crippen LogP) is 7.04. The van der Waals surface area contributed by atoms with E-state index in [0.29, 0.717) is 34.1 Å². The zero-order chi connectivity index (χ0) is 27.7. The average molecular weight is 520 g/mol. The van der Waals surface area contributed by atoms with Gasteiger partial charge < -0.3 is 14.6 Å². The van der Waals surface area contributed by atoms with Gasteiger partial charge in [-0.05, 0) is 86.0 Å². The van der Waals surface area contributed by atoms with Crippen molar-refractivity contribution >= 4 is 23.1 Å². The Hall–Kier alpha value is -4.84. The summed E-state index contributed by atoms with van der Waals surface area (Å²) in [7, 11) is 1.58. The van der Waals surface area contributed by atoms with E-state index in [0.717, 1.165) is 16.7 Å². The number of benzene rings is 4. The Morgan fingerprint density at radius 3 is 2.18 bits per heavy atom. The Bertz CT molecular complexity index is 1590. The molecule has 4 aromatic rings. The maximum Gasteiger partial charge on any atom is 0.300 e. The fraction of sp³-hybridized carbons (Fsp3) is 0.152. The first kappa shape index (κ1) is 25.8. The van der Waals surface area contributed by atoms with Gasteiger partial charge in [0.2, 0.25) is 0 Å². The molecule has 1 N–H and O–H groups in total. The van der Waals surface area contributed by atoms with Crippen LogP contribution in [0.5, 0.6) is 17.2 Å². The lowest BCUT2D eigenvalue weighted by Gasteiger charge is -2.26. The van der Waals surface area contributed by atoms with E-state index in [1.165, 1.54) is 4.90 Å². The Kier molecular flexibility index (Phi) is 6.94. The van der Waals surface area contributed by atoms with Crippen molar-refractivity contribution in [1.82, 2.24) is 0 Å². The Morgan fingerprint density at radius 2 is 1.49 bits per heavy atom. The van der Waals surface area contributed by atoms with Crippen molar-refractivity contribution in [3.8, 4) is 17.2 Å². The molecule has 0 aliphatic carbocycles. The van der Waals surface area contributed by atoms with Crippen molar-refractivity contribution in [2.24, 2.45) is 0 Å². The molecule has 6 heteroatoms. The number of methoxy groups -OCH3 is 1. The summed E-state index contributed by atoms with van der Waals surface area (Å²) in [5.41, 5.74) is 4.22. The van der Waals surface area contributed by atoms with Gasteiger partial charge >= 0.3 is 0 Å². The van der Waals surface area contributed by atoms with Crippen molar-refractivity contribution in [3.63, 3.8) is 0 Å². The summed E-state index contributed by atoms with van der Waals surface area (Å²) in [6.45, 7) is 5.65. The van der Waals surface area contributed by atoms with Crippen LogP contribution >= 0.6 is 0 Å². The zero-order valence-corrected chi connectivity index (χ0v) is 22.3. The molecule has 5 rings (SSSR count). The number of amides is 1. The molecule has 0 bridgehead atoms. The number of para-hydroxylation sites is 1. The topological polar surface area (TPSA) is 76.1 Å². The van der Waals surface area contributed by atoms with Gasteiger partial charge in [-0.15, -0.1) is 0 Å². The lowest BCUT2D eigenvalue weighted by atomic mass is 9.93. The van der Waals surface area contributed by atoms with Crippen LogP contribution in [0.15, 0.2) is 96.6 Å². The smallest absolute Gasteiger partial charge is 0.300 e. The van der Waals surface area contributed by atoms with E-state index < -0.39 is 17.7 Å². The number of nitrogens with zero attached hydrogens (tertiary/aromatic N) is 1. The van der Waals surface area contributed by atoms with E-state index in [9.17, 15) is 14.7 Å². The van der Waals surface area contributed by atoms with E-state index in [2.05, 4.69) is 0 Å². The van der Waals surface area contributed by atoms with Gasteiger partial charge in [0.05, 0.1) is 18.7 Å². The third-order valence-electron chi connectivity index (χ3n) is 6.91. The van der Waals surface area contributed by atoms with Crippen LogP contribution in [0.4, 0.5) is 5.69 Å². The van der Waals surface area contributed by atoms with Crippen LogP contribution in [0.3, 0.4) is 0 Å². The van der Waals surface area contributed by atoms with Crippen molar-refractivity contribution in [2.75, 3.05) is 12.0 Å². The number of aliphatic hydroxyl groups is 1. The highest BCUT2D eigenvalue weighted by Crippen LogP contribution is 2.44. The molecule has 0 aromatic heterocycles. The number of aliphatic hydroxyl groups excluding tert-OH is 1. The molecule has 6 nitrogen and oxygen atoms in total. The molecule has 1 aliphatic rings. The van der Waals surface area contributed by atoms with Gasteiger partial charge in [0, 0.05) is 11.3 Å². The maximum absolute atomic E-state index is 13.6. The van der Waals surface area contributed by atoms with Gasteiger partial charge in [-0.2, -0.15) is 0 Å². The Labute approximate surface area is 227 Å². The summed E-state index contributed by atoms with van der Waals surface area (Å²) in [5, 5.41) is 11.6. The minimum absolute atomic E-state index is 0.0186. The number of aryl methyl sites for hydroxylation is 3. The molecule has 1 saturated heterocycles. The van der Waals surface area contributed by atoms with Gasteiger partial charge in [0.15, 0.2) is 0 Å². The van der Waals surface area contributed by atoms with Crippen LogP contribution in [0.1, 0.15) is 33.9 Å². The third kappa shape index (κ3) is 4.89. The summed E-state index contributed by atoms with van der Waals surface area (Å²) in [6.07, 6.45) is 0. The minimum atomic E-state index is -0.867. The summed E-state index contributed by atoms with van der Waals surface area (Å²) in [5.74, 6) is 0.191. The van der Waals surface area contributed by atoms with Gasteiger partial charge in [0.1, 0.15) is 23.0 Å². The second-order valence-electron chi connectivity index (χ2n) is 9.63. The summed E-state index contributed by atoms with van der Waals surface area (Å²) < 4.78 is 11.5. The third-order valence-corrected chi connectivity index (χ3v) is 6.91. The fourth-order valence-corrected chi connectivity index (χ4v) is 4.90. The highest BCUT2D eigenvalue weighted by molar-refractivity contribution is 6.51. The molecule has 39 heavy (non-hydrogen) atoms. The fourth-order valence-electron chi connectivity index (χ4n) is 4.90. The second-order valence-corrected chi connectivity index (χ2v) is 9.63. The number of anilines is 1. The van der Waals surface area contributed by atoms with Crippen LogP contribution in [-0.4, -0.2) is 23.9 Å². The number of carbonyl (C=O) groups excluding carboxylic acids is 2.